The van der Waals surface area contributed by atoms with Gasteiger partial charge in [-0.2, -0.15) is 0 Å². The van der Waals surface area contributed by atoms with Crippen LogP contribution in [0.15, 0.2) is 0 Å². The van der Waals surface area contributed by atoms with Gasteiger partial charge in [0, 0.05) is 0 Å². The normalized spacial score (nSPS) is 6.29. The van der Waals surface area contributed by atoms with E-state index in [2.05, 4.69) is 0 Å². The Morgan fingerprint density at radius 2 is 0.643 bits per heavy atom. The minimum absolute atomic E-state index is 0. The first-order valence-electron chi connectivity index (χ1n) is 2.13. The molecule has 0 heterocycles. The summed E-state index contributed by atoms with van der Waals surface area (Å²) >= 11 is 0. The van der Waals surface area contributed by atoms with Crippen LogP contribution in [0.3, 0.4) is 0 Å². The molecule has 8 nitrogen and oxygen atoms in total. The second-order valence-electron chi connectivity index (χ2n) is 1.15. The molecule has 0 fully saturated rings. The first-order valence-corrected chi connectivity index (χ1v) is 2.13. The number of carbonyl (C=O) groups excluding carboxylic acids is 4. The minimum Gasteiger partial charge on any atom is -0.543 e. The minimum atomic E-state index is -2.19. The van der Waals surface area contributed by atoms with Crippen molar-refractivity contribution in [2.24, 2.45) is 0 Å². The predicted molar refractivity (Wildman–Crippen MR) is 25.8 cm³/mol. The molecular weight excluding hydrogens is 259 g/mol. The van der Waals surface area contributed by atoms with Gasteiger partial charge in [0.2, 0.25) is 0 Å². The molecule has 0 bridgehead atoms. The molecule has 0 aromatic heterocycles. The molecule has 0 saturated heterocycles. The van der Waals surface area contributed by atoms with E-state index in [4.69, 9.17) is 39.6 Å². The summed E-state index contributed by atoms with van der Waals surface area (Å²) in [5.74, 6) is -8.74. The summed E-state index contributed by atoms with van der Waals surface area (Å²) in [5.41, 5.74) is 0. The molecule has 0 rings (SSSR count). The van der Waals surface area contributed by atoms with Gasteiger partial charge in [-0.05, 0) is 0 Å². The maximum atomic E-state index is 8.93. The third kappa shape index (κ3) is 22.5. The summed E-state index contributed by atoms with van der Waals surface area (Å²) in [7, 11) is 0. The zero-order valence-electron chi connectivity index (χ0n) is 6.29. The molecule has 0 atom stereocenters. The van der Waals surface area contributed by atoms with Crippen molar-refractivity contribution < 1.29 is 56.1 Å². The second kappa shape index (κ2) is 12.1. The number of rotatable bonds is 0. The van der Waals surface area contributed by atoms with Gasteiger partial charge in [0.25, 0.3) is 0 Å². The van der Waals surface area contributed by atoms with Crippen molar-refractivity contribution in [1.82, 2.24) is 0 Å². The fraction of sp³-hybridized carbons (Fsp3) is 0. The van der Waals surface area contributed by atoms with Crippen molar-refractivity contribution in [3.05, 3.63) is 0 Å². The summed E-state index contributed by atoms with van der Waals surface area (Å²) in [6.45, 7) is 0. The van der Waals surface area contributed by atoms with Gasteiger partial charge in [-0.25, -0.2) is 0 Å². The average Bonchev–Trinajstić information content (AvgIpc) is 1.88. The third-order valence-corrected chi connectivity index (χ3v) is 0.333. The molecule has 0 aromatic rings. The number of carboxylic acid groups (broad SMARTS) is 4. The van der Waals surface area contributed by atoms with E-state index >= 15 is 0 Å². The number of carbonyl (C=O) groups is 4. The second-order valence-corrected chi connectivity index (χ2v) is 1.15. The summed E-state index contributed by atoms with van der Waals surface area (Å²) in [6.07, 6.45) is 0. The molecule has 14 heavy (non-hydrogen) atoms. The van der Waals surface area contributed by atoms with E-state index in [0.29, 0.717) is 0 Å². The van der Waals surface area contributed by atoms with Crippen LogP contribution in [0, 0.1) is 0 Å². The maximum absolute atomic E-state index is 8.93. The molecule has 0 aliphatic carbocycles. The van der Waals surface area contributed by atoms with E-state index < -0.39 is 23.9 Å². The Balaban J connectivity index is -0.0000000625. The molecule has 0 radical (unpaired) electrons. The molecule has 10 heteroatoms. The molecule has 76 valence electrons. The van der Waals surface area contributed by atoms with E-state index in [0.717, 1.165) is 0 Å². The first-order chi connectivity index (χ1) is 5.29. The van der Waals surface area contributed by atoms with Crippen LogP contribution in [0.1, 0.15) is 0 Å². The SMILES string of the molecule is O=C([O-])C(=O)[O-].O=C([O-])C(=O)[O-].[Mg+2].[Ni+2]. The maximum Gasteiger partial charge on any atom is 2.00 e. The van der Waals surface area contributed by atoms with Crippen LogP contribution < -0.4 is 20.4 Å². The smallest absolute Gasteiger partial charge is 0.543 e. The van der Waals surface area contributed by atoms with E-state index in [1.807, 2.05) is 0 Å². The molecule has 0 unspecified atom stereocenters. The van der Waals surface area contributed by atoms with E-state index in [1.165, 1.54) is 0 Å². The summed E-state index contributed by atoms with van der Waals surface area (Å²) in [6, 6.07) is 0. The van der Waals surface area contributed by atoms with Gasteiger partial charge in [-0.1, -0.05) is 0 Å². The Labute approximate surface area is 103 Å². The summed E-state index contributed by atoms with van der Waals surface area (Å²) in [4.78, 5) is 35.7. The zero-order chi connectivity index (χ0) is 10.3. The third-order valence-electron chi connectivity index (χ3n) is 0.333. The monoisotopic (exact) mass is 258 g/mol. The van der Waals surface area contributed by atoms with Crippen LogP contribution in [0.2, 0.25) is 0 Å². The van der Waals surface area contributed by atoms with Crippen molar-refractivity contribution in [2.75, 3.05) is 0 Å². The number of aliphatic carboxylic acids is 4. The van der Waals surface area contributed by atoms with Gasteiger partial charge in [-0.3, -0.25) is 0 Å². The standard InChI is InChI=1S/2C2H2O4.Mg.Ni/c2*3-1(4)2(5)6;;/h2*(H,3,4)(H,5,6);;/q;;2*+2/p-4. The summed E-state index contributed by atoms with van der Waals surface area (Å²) in [5, 5.41) is 35.7. The Morgan fingerprint density at radius 1 is 0.571 bits per heavy atom. The number of carboxylic acids is 4. The Bertz CT molecular complexity index is 177. The van der Waals surface area contributed by atoms with E-state index in [-0.39, 0.29) is 39.5 Å². The Kier molecular flexibility index (Phi) is 20.1. The molecular formula is C4MgNiO8. The largest absolute Gasteiger partial charge is 2.00 e. The van der Waals surface area contributed by atoms with Crippen LogP contribution in [0.25, 0.3) is 0 Å². The van der Waals surface area contributed by atoms with E-state index in [9.17, 15) is 0 Å². The zero-order valence-corrected chi connectivity index (χ0v) is 8.69. The molecule has 0 saturated carbocycles. The molecule has 0 N–H and O–H groups in total. The molecule has 0 aliphatic heterocycles. The van der Waals surface area contributed by atoms with Crippen LogP contribution in [0.5, 0.6) is 0 Å². The van der Waals surface area contributed by atoms with Crippen molar-refractivity contribution in [3.63, 3.8) is 0 Å². The first kappa shape index (κ1) is 23.2. The fourth-order valence-electron chi connectivity index (χ4n) is 0. The van der Waals surface area contributed by atoms with Crippen molar-refractivity contribution in [3.8, 4) is 0 Å². The van der Waals surface area contributed by atoms with Crippen molar-refractivity contribution >= 4 is 46.9 Å². The Morgan fingerprint density at radius 3 is 0.643 bits per heavy atom. The number of hydrogen-bond donors (Lipinski definition) is 0. The van der Waals surface area contributed by atoms with Crippen molar-refractivity contribution in [2.45, 2.75) is 0 Å². The van der Waals surface area contributed by atoms with Gasteiger partial charge in [0.1, 0.15) is 0 Å². The topological polar surface area (TPSA) is 161 Å². The molecule has 0 aromatic carbocycles. The van der Waals surface area contributed by atoms with Crippen molar-refractivity contribution in [1.29, 1.82) is 0 Å². The van der Waals surface area contributed by atoms with Crippen LogP contribution >= 0.6 is 0 Å². The Hall–Kier alpha value is -0.860. The number of hydrogen-bond acceptors (Lipinski definition) is 8. The van der Waals surface area contributed by atoms with Crippen LogP contribution in [-0.2, 0) is 35.7 Å². The quantitative estimate of drug-likeness (QED) is 0.306. The van der Waals surface area contributed by atoms with Gasteiger partial charge in [0.05, 0.1) is 23.9 Å². The molecule has 0 spiro atoms. The van der Waals surface area contributed by atoms with Gasteiger partial charge >= 0.3 is 39.5 Å². The summed E-state index contributed by atoms with van der Waals surface area (Å²) < 4.78 is 0. The van der Waals surface area contributed by atoms with Gasteiger partial charge in [-0.15, -0.1) is 0 Å². The van der Waals surface area contributed by atoms with Crippen LogP contribution in [0.4, 0.5) is 0 Å². The average molecular weight is 259 g/mol. The van der Waals surface area contributed by atoms with E-state index in [1.54, 1.807) is 0 Å². The molecule has 0 amide bonds. The fourth-order valence-corrected chi connectivity index (χ4v) is 0. The van der Waals surface area contributed by atoms with Gasteiger partial charge in [0.15, 0.2) is 0 Å². The molecule has 0 aliphatic rings. The van der Waals surface area contributed by atoms with Gasteiger partial charge < -0.3 is 39.6 Å². The predicted octanol–water partition coefficient (Wildman–Crippen LogP) is -7.41. The van der Waals surface area contributed by atoms with Crippen LogP contribution in [-0.4, -0.2) is 46.9 Å².